The van der Waals surface area contributed by atoms with Crippen LogP contribution in [0.15, 0.2) is 36.4 Å². The summed E-state index contributed by atoms with van der Waals surface area (Å²) in [6.45, 7) is 3.26. The lowest BCUT2D eigenvalue weighted by Gasteiger charge is -2.27. The fourth-order valence-corrected chi connectivity index (χ4v) is 2.68. The van der Waals surface area contributed by atoms with Crippen molar-refractivity contribution in [3.63, 3.8) is 0 Å². The van der Waals surface area contributed by atoms with Crippen LogP contribution in [0.2, 0.25) is 0 Å². The summed E-state index contributed by atoms with van der Waals surface area (Å²) < 4.78 is 0. The first-order valence-electron chi connectivity index (χ1n) is 7.61. The lowest BCUT2D eigenvalue weighted by Crippen LogP contribution is -2.43. The van der Waals surface area contributed by atoms with Gasteiger partial charge in [-0.25, -0.2) is 4.79 Å². The summed E-state index contributed by atoms with van der Waals surface area (Å²) in [5.74, 6) is -0.922. The van der Waals surface area contributed by atoms with Crippen LogP contribution in [0.1, 0.15) is 36.9 Å². The van der Waals surface area contributed by atoms with Crippen LogP contribution in [0.3, 0.4) is 0 Å². The number of carbonyl (C=O) groups excluding carboxylic acids is 1. The minimum Gasteiger partial charge on any atom is -0.481 e. The highest BCUT2D eigenvalue weighted by molar-refractivity contribution is 5.76. The van der Waals surface area contributed by atoms with Gasteiger partial charge in [-0.2, -0.15) is 0 Å². The van der Waals surface area contributed by atoms with E-state index in [1.165, 1.54) is 0 Å². The molecule has 1 atom stereocenters. The third-order valence-corrected chi connectivity index (χ3v) is 3.83. The van der Waals surface area contributed by atoms with Crippen molar-refractivity contribution in [1.82, 2.24) is 10.2 Å². The third kappa shape index (κ3) is 4.10. The van der Waals surface area contributed by atoms with Crippen LogP contribution >= 0.6 is 0 Å². The van der Waals surface area contributed by atoms with Crippen LogP contribution in [0.25, 0.3) is 0 Å². The summed E-state index contributed by atoms with van der Waals surface area (Å²) in [4.78, 5) is 25.2. The number of amides is 2. The Morgan fingerprint density at radius 2 is 2.09 bits per heavy atom. The molecule has 0 spiro atoms. The van der Waals surface area contributed by atoms with Gasteiger partial charge in [0, 0.05) is 13.1 Å². The molecule has 22 heavy (non-hydrogen) atoms. The molecule has 1 aromatic carbocycles. The number of aryl methyl sites for hydroxylation is 1. The molecule has 0 aromatic heterocycles. The Labute approximate surface area is 130 Å². The zero-order chi connectivity index (χ0) is 15.9. The summed E-state index contributed by atoms with van der Waals surface area (Å²) in [7, 11) is 0. The smallest absolute Gasteiger partial charge is 0.318 e. The molecule has 1 aromatic rings. The molecule has 5 heteroatoms. The summed E-state index contributed by atoms with van der Waals surface area (Å²) in [6.07, 6.45) is 5.52. The number of urea groups is 1. The van der Waals surface area contributed by atoms with Gasteiger partial charge in [0.25, 0.3) is 0 Å². The van der Waals surface area contributed by atoms with Crippen LogP contribution in [-0.2, 0) is 11.2 Å². The van der Waals surface area contributed by atoms with E-state index in [0.29, 0.717) is 13.1 Å². The van der Waals surface area contributed by atoms with Crippen LogP contribution < -0.4 is 5.32 Å². The van der Waals surface area contributed by atoms with Crippen molar-refractivity contribution in [3.8, 4) is 0 Å². The summed E-state index contributed by atoms with van der Waals surface area (Å²) in [5.41, 5.74) is 1.95. The second-order valence-electron chi connectivity index (χ2n) is 5.36. The number of nitrogens with zero attached hydrogens (tertiary/aromatic N) is 1. The molecule has 0 radical (unpaired) electrons. The number of rotatable bonds is 5. The van der Waals surface area contributed by atoms with Crippen LogP contribution in [0.4, 0.5) is 4.79 Å². The van der Waals surface area contributed by atoms with Gasteiger partial charge >= 0.3 is 12.0 Å². The Bertz CT molecular complexity index is 569. The van der Waals surface area contributed by atoms with Gasteiger partial charge < -0.3 is 15.3 Å². The lowest BCUT2D eigenvalue weighted by atomic mass is 9.96. The summed E-state index contributed by atoms with van der Waals surface area (Å²) in [6, 6.07) is 6.95. The van der Waals surface area contributed by atoms with E-state index in [9.17, 15) is 9.59 Å². The zero-order valence-electron chi connectivity index (χ0n) is 12.8. The van der Waals surface area contributed by atoms with E-state index in [1.807, 2.05) is 43.3 Å². The highest BCUT2D eigenvalue weighted by Gasteiger charge is 2.23. The molecule has 2 rings (SSSR count). The quantitative estimate of drug-likeness (QED) is 0.822. The third-order valence-electron chi connectivity index (χ3n) is 3.83. The monoisotopic (exact) mass is 302 g/mol. The van der Waals surface area contributed by atoms with Gasteiger partial charge in [-0.3, -0.25) is 4.79 Å². The molecule has 0 fully saturated rings. The molecule has 1 heterocycles. The van der Waals surface area contributed by atoms with Gasteiger partial charge in [0.05, 0.1) is 12.5 Å². The first kappa shape index (κ1) is 16.1. The molecule has 1 aliphatic heterocycles. The number of aliphatic carboxylic acids is 1. The van der Waals surface area contributed by atoms with E-state index in [4.69, 9.17) is 5.11 Å². The second kappa shape index (κ2) is 7.64. The molecule has 2 N–H and O–H groups in total. The highest BCUT2D eigenvalue weighted by Crippen LogP contribution is 2.22. The number of benzene rings is 1. The maximum atomic E-state index is 12.4. The molecule has 0 aliphatic carbocycles. The maximum Gasteiger partial charge on any atom is 0.318 e. The molecule has 1 aliphatic rings. The fourth-order valence-electron chi connectivity index (χ4n) is 2.68. The number of hydrogen-bond donors (Lipinski definition) is 2. The molecule has 118 valence electrons. The van der Waals surface area contributed by atoms with Crippen molar-refractivity contribution in [2.75, 3.05) is 13.1 Å². The van der Waals surface area contributed by atoms with Gasteiger partial charge in [0.2, 0.25) is 0 Å². The second-order valence-corrected chi connectivity index (χ2v) is 5.36. The van der Waals surface area contributed by atoms with Crippen molar-refractivity contribution in [2.45, 2.75) is 32.2 Å². The van der Waals surface area contributed by atoms with Crippen LogP contribution in [-0.4, -0.2) is 35.1 Å². The summed E-state index contributed by atoms with van der Waals surface area (Å²) >= 11 is 0. The molecule has 1 unspecified atom stereocenters. The van der Waals surface area contributed by atoms with Crippen molar-refractivity contribution < 1.29 is 14.7 Å². The number of carbonyl (C=O) groups is 2. The van der Waals surface area contributed by atoms with Gasteiger partial charge in [0.15, 0.2) is 0 Å². The van der Waals surface area contributed by atoms with Gasteiger partial charge in [-0.1, -0.05) is 43.3 Å². The average molecular weight is 302 g/mol. The average Bonchev–Trinajstić information content (AvgIpc) is 2.54. The van der Waals surface area contributed by atoms with Crippen molar-refractivity contribution in [1.29, 1.82) is 0 Å². The van der Waals surface area contributed by atoms with E-state index in [1.54, 1.807) is 4.90 Å². The van der Waals surface area contributed by atoms with Crippen molar-refractivity contribution in [2.24, 2.45) is 0 Å². The highest BCUT2D eigenvalue weighted by atomic mass is 16.4. The standard InChI is InChI=1S/C17H22N2O3/c1-2-13-8-4-5-9-14(13)15(12-16(20)21)18-17(22)19-10-6-3-7-11-19/h3-6,8-9,15H,2,7,10-12H2,1H3,(H,18,22)(H,20,21). The molecular formula is C17H22N2O3. The predicted octanol–water partition coefficient (Wildman–Crippen LogP) is 2.74. The molecule has 0 saturated heterocycles. The zero-order valence-corrected chi connectivity index (χ0v) is 12.8. The van der Waals surface area contributed by atoms with Gasteiger partial charge in [0.1, 0.15) is 0 Å². The molecular weight excluding hydrogens is 280 g/mol. The lowest BCUT2D eigenvalue weighted by molar-refractivity contribution is -0.137. The van der Waals surface area contributed by atoms with Crippen molar-refractivity contribution >= 4 is 12.0 Å². The Morgan fingerprint density at radius 1 is 1.32 bits per heavy atom. The molecule has 0 bridgehead atoms. The number of carboxylic acid groups (broad SMARTS) is 1. The first-order chi connectivity index (χ1) is 10.6. The largest absolute Gasteiger partial charge is 0.481 e. The van der Waals surface area contributed by atoms with E-state index in [0.717, 1.165) is 24.0 Å². The minimum absolute atomic E-state index is 0.119. The molecule has 0 saturated carbocycles. The number of nitrogens with one attached hydrogen (secondary N) is 1. The molecule has 2 amide bonds. The van der Waals surface area contributed by atoms with Crippen molar-refractivity contribution in [3.05, 3.63) is 47.5 Å². The Balaban J connectivity index is 2.17. The van der Waals surface area contributed by atoms with Gasteiger partial charge in [-0.15, -0.1) is 0 Å². The number of carboxylic acids is 1. The van der Waals surface area contributed by atoms with E-state index < -0.39 is 12.0 Å². The Morgan fingerprint density at radius 3 is 2.73 bits per heavy atom. The van der Waals surface area contributed by atoms with E-state index in [-0.39, 0.29) is 12.5 Å². The fraction of sp³-hybridized carbons (Fsp3) is 0.412. The minimum atomic E-state index is -0.922. The number of hydrogen-bond acceptors (Lipinski definition) is 2. The Kier molecular flexibility index (Phi) is 5.58. The molecule has 5 nitrogen and oxygen atoms in total. The first-order valence-corrected chi connectivity index (χ1v) is 7.61. The summed E-state index contributed by atoms with van der Waals surface area (Å²) in [5, 5.41) is 12.0. The van der Waals surface area contributed by atoms with E-state index in [2.05, 4.69) is 5.32 Å². The van der Waals surface area contributed by atoms with Gasteiger partial charge in [-0.05, 0) is 24.0 Å². The predicted molar refractivity (Wildman–Crippen MR) is 84.7 cm³/mol. The Hall–Kier alpha value is -2.30. The van der Waals surface area contributed by atoms with Crippen LogP contribution in [0, 0.1) is 0 Å². The maximum absolute atomic E-state index is 12.4. The normalized spacial score (nSPS) is 15.4. The van der Waals surface area contributed by atoms with E-state index >= 15 is 0 Å². The van der Waals surface area contributed by atoms with Crippen LogP contribution in [0.5, 0.6) is 0 Å². The topological polar surface area (TPSA) is 69.6 Å². The SMILES string of the molecule is CCc1ccccc1C(CC(=O)O)NC(=O)N1CC=CCC1.